The molecule has 0 saturated carbocycles. The van der Waals surface area contributed by atoms with Gasteiger partial charge in [0.15, 0.2) is 0 Å². The highest BCUT2D eigenvalue weighted by atomic mass is 19.1. The molecule has 3 aromatic rings. The van der Waals surface area contributed by atoms with E-state index in [1.54, 1.807) is 12.1 Å². The van der Waals surface area contributed by atoms with Gasteiger partial charge in [-0.3, -0.25) is 0 Å². The third-order valence-electron chi connectivity index (χ3n) is 3.54. The average Bonchev–Trinajstić information content (AvgIpc) is 3.10. The zero-order valence-corrected chi connectivity index (χ0v) is 13.5. The lowest BCUT2D eigenvalue weighted by molar-refractivity contribution is 0.420. The van der Waals surface area contributed by atoms with E-state index in [9.17, 15) is 4.39 Å². The van der Waals surface area contributed by atoms with Gasteiger partial charge in [0.1, 0.15) is 5.82 Å². The number of hydrogen-bond acceptors (Lipinski definition) is 4. The van der Waals surface area contributed by atoms with E-state index in [0.29, 0.717) is 17.4 Å². The van der Waals surface area contributed by atoms with Crippen LogP contribution in [0.25, 0.3) is 11.4 Å². The minimum atomic E-state index is -0.290. The number of aromatic nitrogens is 2. The smallest absolute Gasteiger partial charge is 0.324 e. The minimum absolute atomic E-state index is 0.290. The van der Waals surface area contributed by atoms with E-state index < -0.39 is 0 Å². The average molecular weight is 321 g/mol. The van der Waals surface area contributed by atoms with Gasteiger partial charge < -0.3 is 9.42 Å². The van der Waals surface area contributed by atoms with Crippen molar-refractivity contribution in [1.82, 2.24) is 10.1 Å². The van der Waals surface area contributed by atoms with Crippen LogP contribution in [0, 0.1) is 17.7 Å². The summed E-state index contributed by atoms with van der Waals surface area (Å²) in [6, 6.07) is 14.2. The summed E-state index contributed by atoms with van der Waals surface area (Å²) < 4.78 is 18.3. The maximum atomic E-state index is 13.1. The van der Waals surface area contributed by atoms with Crippen LogP contribution in [-0.2, 0) is 0 Å². The van der Waals surface area contributed by atoms with Gasteiger partial charge in [0.2, 0.25) is 5.82 Å². The summed E-state index contributed by atoms with van der Waals surface area (Å²) in [5.74, 6) is 6.20. The van der Waals surface area contributed by atoms with Gasteiger partial charge in [-0.05, 0) is 49.4 Å². The van der Waals surface area contributed by atoms with Crippen molar-refractivity contribution in [3.05, 3.63) is 65.5 Å². The van der Waals surface area contributed by atoms with Crippen molar-refractivity contribution in [3.8, 4) is 23.2 Å². The maximum Gasteiger partial charge on any atom is 0.324 e. The van der Waals surface area contributed by atoms with E-state index in [0.717, 1.165) is 17.7 Å². The van der Waals surface area contributed by atoms with Crippen molar-refractivity contribution in [3.63, 3.8) is 0 Å². The molecule has 5 heteroatoms. The Kier molecular flexibility index (Phi) is 4.57. The van der Waals surface area contributed by atoms with E-state index >= 15 is 0 Å². The van der Waals surface area contributed by atoms with Crippen LogP contribution in [0.4, 0.5) is 10.4 Å². The van der Waals surface area contributed by atoms with Crippen molar-refractivity contribution in [1.29, 1.82) is 0 Å². The van der Waals surface area contributed by atoms with Crippen LogP contribution < -0.4 is 4.90 Å². The molecule has 0 N–H and O–H groups in total. The Balaban J connectivity index is 1.78. The molecule has 120 valence electrons. The normalized spacial score (nSPS) is 10.1. The van der Waals surface area contributed by atoms with Crippen molar-refractivity contribution >= 4 is 6.01 Å². The molecule has 4 nitrogen and oxygen atoms in total. The van der Waals surface area contributed by atoms with Gasteiger partial charge >= 0.3 is 6.01 Å². The molecular formula is C19H16FN3O. The van der Waals surface area contributed by atoms with Crippen LogP contribution in [0.5, 0.6) is 0 Å². The molecule has 0 amide bonds. The Hall–Kier alpha value is -3.13. The Labute approximate surface area is 139 Å². The van der Waals surface area contributed by atoms with E-state index in [1.807, 2.05) is 43.1 Å². The fourth-order valence-corrected chi connectivity index (χ4v) is 2.04. The molecule has 0 aliphatic heterocycles. The fourth-order valence-electron chi connectivity index (χ4n) is 2.04. The first-order valence-electron chi connectivity index (χ1n) is 7.58. The second-order valence-electron chi connectivity index (χ2n) is 5.25. The molecular weight excluding hydrogens is 305 g/mol. The van der Waals surface area contributed by atoms with Crippen molar-refractivity contribution in [2.24, 2.45) is 0 Å². The first kappa shape index (κ1) is 15.8. The quantitative estimate of drug-likeness (QED) is 0.689. The Morgan fingerprint density at radius 3 is 2.54 bits per heavy atom. The predicted molar refractivity (Wildman–Crippen MR) is 91.1 cm³/mol. The molecule has 0 radical (unpaired) electrons. The predicted octanol–water partition coefficient (Wildman–Crippen LogP) is 3.73. The number of rotatable bonds is 3. The highest BCUT2D eigenvalue weighted by molar-refractivity contribution is 5.57. The van der Waals surface area contributed by atoms with E-state index in [-0.39, 0.29) is 5.82 Å². The van der Waals surface area contributed by atoms with Crippen molar-refractivity contribution in [2.45, 2.75) is 6.92 Å². The van der Waals surface area contributed by atoms with Gasteiger partial charge in [0, 0.05) is 30.3 Å². The van der Waals surface area contributed by atoms with Crippen LogP contribution >= 0.6 is 0 Å². The van der Waals surface area contributed by atoms with E-state index in [2.05, 4.69) is 22.0 Å². The summed E-state index contributed by atoms with van der Waals surface area (Å²) in [5.41, 5.74) is 2.33. The minimum Gasteiger partial charge on any atom is -0.328 e. The number of nitrogens with zero attached hydrogens (tertiary/aromatic N) is 3. The molecule has 0 saturated heterocycles. The lowest BCUT2D eigenvalue weighted by Crippen LogP contribution is -2.15. The highest BCUT2D eigenvalue weighted by Gasteiger charge is 2.10. The zero-order chi connectivity index (χ0) is 16.9. The molecule has 0 aliphatic carbocycles. The Morgan fingerprint density at radius 1 is 1.08 bits per heavy atom. The summed E-state index contributed by atoms with van der Waals surface area (Å²) in [7, 11) is 1.89. The summed E-state index contributed by atoms with van der Waals surface area (Å²) in [5, 5.41) is 3.98. The number of benzene rings is 2. The molecule has 0 unspecified atom stereocenters. The molecule has 24 heavy (non-hydrogen) atoms. The first-order chi connectivity index (χ1) is 11.7. The Morgan fingerprint density at radius 2 is 1.83 bits per heavy atom. The topological polar surface area (TPSA) is 42.2 Å². The van der Waals surface area contributed by atoms with Crippen molar-refractivity contribution < 1.29 is 8.91 Å². The van der Waals surface area contributed by atoms with E-state index in [4.69, 9.17) is 4.52 Å². The summed E-state index contributed by atoms with van der Waals surface area (Å²) >= 11 is 0. The van der Waals surface area contributed by atoms with Crippen LogP contribution in [0.15, 0.2) is 53.1 Å². The zero-order valence-electron chi connectivity index (χ0n) is 13.5. The fraction of sp³-hybridized carbons (Fsp3) is 0.158. The third-order valence-corrected chi connectivity index (χ3v) is 3.54. The van der Waals surface area contributed by atoms with Gasteiger partial charge in [0.25, 0.3) is 0 Å². The molecule has 2 aromatic carbocycles. The van der Waals surface area contributed by atoms with Crippen LogP contribution in [0.2, 0.25) is 0 Å². The Bertz CT molecular complexity index is 891. The molecule has 3 rings (SSSR count). The van der Waals surface area contributed by atoms with Gasteiger partial charge in [-0.25, -0.2) is 4.39 Å². The monoisotopic (exact) mass is 321 g/mol. The van der Waals surface area contributed by atoms with Gasteiger partial charge in [0.05, 0.1) is 0 Å². The van der Waals surface area contributed by atoms with E-state index in [1.165, 1.54) is 12.1 Å². The standard InChI is InChI=1S/C19H16FN3O/c1-3-23(2)19-21-18(22-24-19)16-11-9-14(10-12-16)7-8-15-5-4-6-17(20)13-15/h4-6,9-13H,3H2,1-2H3. The number of hydrogen-bond donors (Lipinski definition) is 0. The van der Waals surface area contributed by atoms with Gasteiger partial charge in [-0.1, -0.05) is 23.1 Å². The first-order valence-corrected chi connectivity index (χ1v) is 7.58. The summed E-state index contributed by atoms with van der Waals surface area (Å²) in [6.07, 6.45) is 0. The van der Waals surface area contributed by atoms with Gasteiger partial charge in [-0.15, -0.1) is 0 Å². The molecule has 1 heterocycles. The number of halogens is 1. The lowest BCUT2D eigenvalue weighted by atomic mass is 10.1. The van der Waals surface area contributed by atoms with Crippen LogP contribution in [0.1, 0.15) is 18.1 Å². The second kappa shape index (κ2) is 6.97. The lowest BCUT2D eigenvalue weighted by Gasteiger charge is -2.08. The van der Waals surface area contributed by atoms with Crippen LogP contribution in [-0.4, -0.2) is 23.7 Å². The summed E-state index contributed by atoms with van der Waals surface area (Å²) in [6.45, 7) is 2.80. The highest BCUT2D eigenvalue weighted by Crippen LogP contribution is 2.19. The third kappa shape index (κ3) is 3.61. The second-order valence-corrected chi connectivity index (χ2v) is 5.25. The number of anilines is 1. The molecule has 0 bridgehead atoms. The molecule has 1 aromatic heterocycles. The molecule has 0 atom stereocenters. The molecule has 0 fully saturated rings. The van der Waals surface area contributed by atoms with Crippen LogP contribution in [0.3, 0.4) is 0 Å². The maximum absolute atomic E-state index is 13.1. The SMILES string of the molecule is CCN(C)c1nc(-c2ccc(C#Cc3cccc(F)c3)cc2)no1. The molecule has 0 aliphatic rings. The largest absolute Gasteiger partial charge is 0.328 e. The van der Waals surface area contributed by atoms with Crippen molar-refractivity contribution in [2.75, 3.05) is 18.5 Å². The van der Waals surface area contributed by atoms with Gasteiger partial charge in [-0.2, -0.15) is 4.98 Å². The summed E-state index contributed by atoms with van der Waals surface area (Å²) in [4.78, 5) is 6.23. The molecule has 0 spiro atoms.